The summed E-state index contributed by atoms with van der Waals surface area (Å²) in [6, 6.07) is 3.02. The van der Waals surface area contributed by atoms with Crippen molar-refractivity contribution >= 4 is 28.9 Å². The maximum absolute atomic E-state index is 13.2. The van der Waals surface area contributed by atoms with Crippen molar-refractivity contribution in [1.29, 1.82) is 0 Å². The van der Waals surface area contributed by atoms with Crippen LogP contribution in [-0.2, 0) is 13.6 Å². The first-order valence-corrected chi connectivity index (χ1v) is 6.10. The molecule has 0 unspecified atom stereocenters. The summed E-state index contributed by atoms with van der Waals surface area (Å²) in [5.41, 5.74) is 2.69. The SMILES string of the molecule is Cc1nn(C)cc1CNc1cc(Cl)c(F)c(Cl)c1. The molecular weight excluding hydrogens is 276 g/mol. The summed E-state index contributed by atoms with van der Waals surface area (Å²) in [7, 11) is 1.86. The number of aromatic nitrogens is 2. The first-order valence-electron chi connectivity index (χ1n) is 5.35. The van der Waals surface area contributed by atoms with E-state index in [0.717, 1.165) is 11.3 Å². The Morgan fingerprint density at radius 2 is 1.94 bits per heavy atom. The van der Waals surface area contributed by atoms with E-state index in [1.165, 1.54) is 12.1 Å². The minimum Gasteiger partial charge on any atom is -0.381 e. The van der Waals surface area contributed by atoms with Gasteiger partial charge in [-0.05, 0) is 19.1 Å². The second-order valence-corrected chi connectivity index (χ2v) is 4.84. The second-order valence-electron chi connectivity index (χ2n) is 4.02. The molecule has 0 spiro atoms. The number of anilines is 1. The molecule has 1 N–H and O–H groups in total. The van der Waals surface area contributed by atoms with Gasteiger partial charge in [-0.3, -0.25) is 4.68 Å². The van der Waals surface area contributed by atoms with Gasteiger partial charge in [0.05, 0.1) is 15.7 Å². The van der Waals surface area contributed by atoms with Crippen LogP contribution in [0.3, 0.4) is 0 Å². The summed E-state index contributed by atoms with van der Waals surface area (Å²) in [5, 5.41) is 7.39. The molecule has 2 rings (SSSR count). The van der Waals surface area contributed by atoms with E-state index in [-0.39, 0.29) is 10.0 Å². The zero-order valence-corrected chi connectivity index (χ0v) is 11.5. The van der Waals surface area contributed by atoms with Gasteiger partial charge in [0, 0.05) is 31.0 Å². The third-order valence-corrected chi connectivity index (χ3v) is 3.13. The molecule has 0 aliphatic heterocycles. The molecule has 0 radical (unpaired) electrons. The normalized spacial score (nSPS) is 10.7. The molecule has 1 aromatic heterocycles. The number of halogens is 3. The number of nitrogens with zero attached hydrogens (tertiary/aromatic N) is 2. The number of hydrogen-bond donors (Lipinski definition) is 1. The molecule has 6 heteroatoms. The molecule has 0 bridgehead atoms. The lowest BCUT2D eigenvalue weighted by Crippen LogP contribution is -2.00. The highest BCUT2D eigenvalue weighted by Gasteiger charge is 2.08. The van der Waals surface area contributed by atoms with Gasteiger partial charge in [-0.15, -0.1) is 0 Å². The summed E-state index contributed by atoms with van der Waals surface area (Å²) in [6.07, 6.45) is 1.93. The average molecular weight is 288 g/mol. The first kappa shape index (κ1) is 13.2. The van der Waals surface area contributed by atoms with Gasteiger partial charge < -0.3 is 5.32 Å². The van der Waals surface area contributed by atoms with E-state index < -0.39 is 5.82 Å². The lowest BCUT2D eigenvalue weighted by atomic mass is 10.2. The van der Waals surface area contributed by atoms with Gasteiger partial charge in [0.2, 0.25) is 0 Å². The van der Waals surface area contributed by atoms with E-state index in [4.69, 9.17) is 23.2 Å². The predicted octanol–water partition coefficient (Wildman–Crippen LogP) is 3.79. The van der Waals surface area contributed by atoms with E-state index in [9.17, 15) is 4.39 Å². The number of hydrogen-bond acceptors (Lipinski definition) is 2. The van der Waals surface area contributed by atoms with Crippen LogP contribution in [0.2, 0.25) is 10.0 Å². The van der Waals surface area contributed by atoms with Gasteiger partial charge in [-0.2, -0.15) is 5.10 Å². The molecule has 2 aromatic rings. The zero-order chi connectivity index (χ0) is 13.3. The molecule has 0 saturated carbocycles. The number of nitrogens with one attached hydrogen (secondary N) is 1. The molecule has 96 valence electrons. The Kier molecular flexibility index (Phi) is 3.78. The van der Waals surface area contributed by atoms with Crippen molar-refractivity contribution in [3.63, 3.8) is 0 Å². The van der Waals surface area contributed by atoms with Gasteiger partial charge >= 0.3 is 0 Å². The van der Waals surface area contributed by atoms with Gasteiger partial charge in [-0.25, -0.2) is 4.39 Å². The predicted molar refractivity (Wildman–Crippen MR) is 71.7 cm³/mol. The Balaban J connectivity index is 2.13. The van der Waals surface area contributed by atoms with Crippen LogP contribution in [-0.4, -0.2) is 9.78 Å². The molecule has 1 aromatic carbocycles. The second kappa shape index (κ2) is 5.16. The molecule has 1 heterocycles. The Labute approximate surface area is 115 Å². The summed E-state index contributed by atoms with van der Waals surface area (Å²) >= 11 is 11.4. The average Bonchev–Trinajstić information content (AvgIpc) is 2.62. The molecule has 18 heavy (non-hydrogen) atoms. The van der Waals surface area contributed by atoms with Gasteiger partial charge in [0.15, 0.2) is 5.82 Å². The van der Waals surface area contributed by atoms with Crippen molar-refractivity contribution in [3.05, 3.63) is 45.4 Å². The van der Waals surface area contributed by atoms with Gasteiger partial charge in [0.1, 0.15) is 0 Å². The van der Waals surface area contributed by atoms with Crippen LogP contribution < -0.4 is 5.32 Å². The van der Waals surface area contributed by atoms with E-state index in [2.05, 4.69) is 10.4 Å². The minimum absolute atomic E-state index is 0.00732. The highest BCUT2D eigenvalue weighted by Crippen LogP contribution is 2.27. The summed E-state index contributed by atoms with van der Waals surface area (Å²) in [4.78, 5) is 0. The van der Waals surface area contributed by atoms with Gasteiger partial charge in [-0.1, -0.05) is 23.2 Å². The van der Waals surface area contributed by atoms with E-state index in [0.29, 0.717) is 12.2 Å². The Bertz CT molecular complexity index is 558. The molecule has 0 amide bonds. The number of aryl methyl sites for hydroxylation is 2. The highest BCUT2D eigenvalue weighted by molar-refractivity contribution is 6.35. The molecule has 0 atom stereocenters. The Morgan fingerprint density at radius 3 is 2.44 bits per heavy atom. The maximum atomic E-state index is 13.2. The summed E-state index contributed by atoms with van der Waals surface area (Å²) in [6.45, 7) is 2.51. The van der Waals surface area contributed by atoms with Crippen molar-refractivity contribution in [1.82, 2.24) is 9.78 Å². The monoisotopic (exact) mass is 287 g/mol. The van der Waals surface area contributed by atoms with E-state index in [1.807, 2.05) is 20.2 Å². The van der Waals surface area contributed by atoms with Crippen molar-refractivity contribution in [3.8, 4) is 0 Å². The van der Waals surface area contributed by atoms with E-state index >= 15 is 0 Å². The molecular formula is C12H12Cl2FN3. The fourth-order valence-corrected chi connectivity index (χ4v) is 2.16. The number of rotatable bonds is 3. The lowest BCUT2D eigenvalue weighted by molar-refractivity contribution is 0.629. The maximum Gasteiger partial charge on any atom is 0.160 e. The molecule has 3 nitrogen and oxygen atoms in total. The molecule has 0 fully saturated rings. The third-order valence-electron chi connectivity index (χ3n) is 2.58. The minimum atomic E-state index is -0.596. The zero-order valence-electron chi connectivity index (χ0n) is 9.97. The van der Waals surface area contributed by atoms with Crippen LogP contribution in [0.5, 0.6) is 0 Å². The molecule has 0 aliphatic carbocycles. The summed E-state index contributed by atoms with van der Waals surface area (Å²) in [5.74, 6) is -0.596. The van der Waals surface area contributed by atoms with Crippen LogP contribution in [0.15, 0.2) is 18.3 Å². The Hall–Kier alpha value is -1.26. The standard InChI is InChI=1S/C12H12Cl2FN3/c1-7-8(6-18(2)17-7)5-16-9-3-10(13)12(15)11(14)4-9/h3-4,6,16H,5H2,1-2H3. The van der Waals surface area contributed by atoms with Crippen molar-refractivity contribution in [2.24, 2.45) is 7.05 Å². The third kappa shape index (κ3) is 2.76. The quantitative estimate of drug-likeness (QED) is 0.871. The van der Waals surface area contributed by atoms with E-state index in [1.54, 1.807) is 4.68 Å². The van der Waals surface area contributed by atoms with Crippen molar-refractivity contribution < 1.29 is 4.39 Å². The van der Waals surface area contributed by atoms with Crippen molar-refractivity contribution in [2.45, 2.75) is 13.5 Å². The smallest absolute Gasteiger partial charge is 0.160 e. The fraction of sp³-hybridized carbons (Fsp3) is 0.250. The van der Waals surface area contributed by atoms with Crippen LogP contribution in [0.25, 0.3) is 0 Å². The fourth-order valence-electron chi connectivity index (χ4n) is 1.68. The molecule has 0 aliphatic rings. The van der Waals surface area contributed by atoms with Crippen LogP contribution in [0, 0.1) is 12.7 Å². The largest absolute Gasteiger partial charge is 0.381 e. The Morgan fingerprint density at radius 1 is 1.33 bits per heavy atom. The molecule has 0 saturated heterocycles. The van der Waals surface area contributed by atoms with Crippen LogP contribution in [0.1, 0.15) is 11.3 Å². The topological polar surface area (TPSA) is 29.9 Å². The van der Waals surface area contributed by atoms with Crippen LogP contribution >= 0.6 is 23.2 Å². The highest BCUT2D eigenvalue weighted by atomic mass is 35.5. The number of benzene rings is 1. The lowest BCUT2D eigenvalue weighted by Gasteiger charge is -2.07. The van der Waals surface area contributed by atoms with Gasteiger partial charge in [0.25, 0.3) is 0 Å². The van der Waals surface area contributed by atoms with Crippen molar-refractivity contribution in [2.75, 3.05) is 5.32 Å². The summed E-state index contributed by atoms with van der Waals surface area (Å²) < 4.78 is 15.0. The van der Waals surface area contributed by atoms with Crippen LogP contribution in [0.4, 0.5) is 10.1 Å². The first-order chi connectivity index (χ1) is 8.47.